The van der Waals surface area contributed by atoms with Gasteiger partial charge in [-0.3, -0.25) is 9.59 Å². The minimum Gasteiger partial charge on any atom is -0.463 e. The van der Waals surface area contributed by atoms with Crippen LogP contribution in [0.15, 0.2) is 64.0 Å². The molecule has 0 aliphatic heterocycles. The van der Waals surface area contributed by atoms with Crippen molar-refractivity contribution in [2.24, 2.45) is 5.41 Å². The molecule has 0 aliphatic rings. The van der Waals surface area contributed by atoms with E-state index in [4.69, 9.17) is 9.15 Å². The van der Waals surface area contributed by atoms with Crippen LogP contribution in [0, 0.1) is 5.41 Å². The van der Waals surface area contributed by atoms with Crippen molar-refractivity contribution in [1.29, 1.82) is 0 Å². The van der Waals surface area contributed by atoms with Crippen molar-refractivity contribution in [3.8, 4) is 16.9 Å². The summed E-state index contributed by atoms with van der Waals surface area (Å²) in [5.41, 5.74) is 0.974. The number of carbonyl (C=O) groups excluding carboxylic acids is 1. The average molecular weight is 322 g/mol. The summed E-state index contributed by atoms with van der Waals surface area (Å²) in [6.45, 7) is 5.34. The average Bonchev–Trinajstić information content (AvgIpc) is 2.55. The molecule has 0 atom stereocenters. The fourth-order valence-corrected chi connectivity index (χ4v) is 2.25. The van der Waals surface area contributed by atoms with Crippen molar-refractivity contribution in [3.63, 3.8) is 0 Å². The summed E-state index contributed by atoms with van der Waals surface area (Å²) in [7, 11) is 0. The molecule has 2 aromatic carbocycles. The molecule has 122 valence electrons. The van der Waals surface area contributed by atoms with Crippen molar-refractivity contribution in [1.82, 2.24) is 0 Å². The summed E-state index contributed by atoms with van der Waals surface area (Å²) >= 11 is 0. The number of carbonyl (C=O) groups is 1. The van der Waals surface area contributed by atoms with E-state index >= 15 is 0 Å². The zero-order valence-corrected chi connectivity index (χ0v) is 13.8. The Labute approximate surface area is 139 Å². The Kier molecular flexibility index (Phi) is 3.97. The van der Waals surface area contributed by atoms with Crippen LogP contribution in [-0.2, 0) is 4.79 Å². The Balaban J connectivity index is 2.02. The SMILES string of the molecule is CC(C)(C)C(=O)Oc1ccc2c(=O)c(-c3ccccc3)coc2c1. The van der Waals surface area contributed by atoms with Gasteiger partial charge in [-0.25, -0.2) is 0 Å². The lowest BCUT2D eigenvalue weighted by molar-refractivity contribution is -0.142. The number of ether oxygens (including phenoxy) is 1. The lowest BCUT2D eigenvalue weighted by Crippen LogP contribution is -2.25. The van der Waals surface area contributed by atoms with Crippen molar-refractivity contribution in [2.45, 2.75) is 20.8 Å². The Hall–Kier alpha value is -2.88. The van der Waals surface area contributed by atoms with Gasteiger partial charge in [-0.15, -0.1) is 0 Å². The molecule has 0 aliphatic carbocycles. The molecule has 0 spiro atoms. The van der Waals surface area contributed by atoms with Gasteiger partial charge >= 0.3 is 5.97 Å². The van der Waals surface area contributed by atoms with Crippen LogP contribution in [0.25, 0.3) is 22.1 Å². The topological polar surface area (TPSA) is 56.5 Å². The van der Waals surface area contributed by atoms with Crippen LogP contribution in [0.3, 0.4) is 0 Å². The Morgan fingerprint density at radius 1 is 1.04 bits per heavy atom. The van der Waals surface area contributed by atoms with E-state index in [1.54, 1.807) is 39.0 Å². The number of hydrogen-bond donors (Lipinski definition) is 0. The number of benzene rings is 2. The smallest absolute Gasteiger partial charge is 0.316 e. The third kappa shape index (κ3) is 3.08. The van der Waals surface area contributed by atoms with E-state index in [1.807, 2.05) is 30.3 Å². The van der Waals surface area contributed by atoms with Gasteiger partial charge in [0.1, 0.15) is 17.6 Å². The normalized spacial score (nSPS) is 11.5. The summed E-state index contributed by atoms with van der Waals surface area (Å²) in [4.78, 5) is 24.6. The van der Waals surface area contributed by atoms with Gasteiger partial charge in [-0.1, -0.05) is 30.3 Å². The molecule has 0 fully saturated rings. The van der Waals surface area contributed by atoms with Crippen LogP contribution < -0.4 is 10.2 Å². The summed E-state index contributed by atoms with van der Waals surface area (Å²) in [5.74, 6) is 0.0168. The predicted molar refractivity (Wildman–Crippen MR) is 93.0 cm³/mol. The fourth-order valence-electron chi connectivity index (χ4n) is 2.25. The molecule has 3 aromatic rings. The zero-order chi connectivity index (χ0) is 17.3. The lowest BCUT2D eigenvalue weighted by atomic mass is 9.97. The molecule has 1 aromatic heterocycles. The van der Waals surface area contributed by atoms with Gasteiger partial charge in [0.15, 0.2) is 5.43 Å². The highest BCUT2D eigenvalue weighted by molar-refractivity contribution is 5.84. The molecule has 0 N–H and O–H groups in total. The number of rotatable bonds is 2. The van der Waals surface area contributed by atoms with Crippen molar-refractivity contribution < 1.29 is 13.9 Å². The molecule has 0 amide bonds. The molecule has 0 saturated carbocycles. The van der Waals surface area contributed by atoms with E-state index in [0.717, 1.165) is 5.56 Å². The first-order chi connectivity index (χ1) is 11.4. The van der Waals surface area contributed by atoms with Gasteiger partial charge in [0.2, 0.25) is 0 Å². The van der Waals surface area contributed by atoms with Gasteiger partial charge in [0, 0.05) is 6.07 Å². The maximum Gasteiger partial charge on any atom is 0.316 e. The quantitative estimate of drug-likeness (QED) is 0.518. The number of hydrogen-bond acceptors (Lipinski definition) is 4. The standard InChI is InChI=1S/C20H18O4/c1-20(2,3)19(22)24-14-9-10-15-17(11-14)23-12-16(18(15)21)13-7-5-4-6-8-13/h4-12H,1-3H3. The molecule has 0 saturated heterocycles. The summed E-state index contributed by atoms with van der Waals surface area (Å²) in [5, 5.41) is 0.451. The predicted octanol–water partition coefficient (Wildman–Crippen LogP) is 4.41. The van der Waals surface area contributed by atoms with E-state index in [-0.39, 0.29) is 11.4 Å². The minimum absolute atomic E-state index is 0.115. The van der Waals surface area contributed by atoms with Gasteiger partial charge in [0.25, 0.3) is 0 Å². The first-order valence-corrected chi connectivity index (χ1v) is 7.69. The first kappa shape index (κ1) is 16.0. The van der Waals surface area contributed by atoms with E-state index in [1.165, 1.54) is 6.26 Å². The van der Waals surface area contributed by atoms with Crippen molar-refractivity contribution in [3.05, 3.63) is 65.0 Å². The molecule has 3 rings (SSSR count). The second kappa shape index (κ2) is 5.96. The van der Waals surface area contributed by atoms with E-state index < -0.39 is 5.41 Å². The van der Waals surface area contributed by atoms with Gasteiger partial charge < -0.3 is 9.15 Å². The maximum atomic E-state index is 12.7. The second-order valence-electron chi connectivity index (χ2n) is 6.64. The molecule has 0 radical (unpaired) electrons. The van der Waals surface area contributed by atoms with Crippen LogP contribution in [0.4, 0.5) is 0 Å². The van der Waals surface area contributed by atoms with Gasteiger partial charge in [-0.2, -0.15) is 0 Å². The minimum atomic E-state index is -0.604. The van der Waals surface area contributed by atoms with Crippen LogP contribution >= 0.6 is 0 Å². The van der Waals surface area contributed by atoms with Crippen molar-refractivity contribution in [2.75, 3.05) is 0 Å². The maximum absolute atomic E-state index is 12.7. The monoisotopic (exact) mass is 322 g/mol. The molecular formula is C20H18O4. The molecule has 0 unspecified atom stereocenters. The first-order valence-electron chi connectivity index (χ1n) is 7.69. The zero-order valence-electron chi connectivity index (χ0n) is 13.8. The summed E-state index contributed by atoms with van der Waals surface area (Å²) in [6, 6.07) is 14.1. The van der Waals surface area contributed by atoms with Crippen molar-refractivity contribution >= 4 is 16.9 Å². The number of fused-ring (bicyclic) bond motifs is 1. The third-order valence-electron chi connectivity index (χ3n) is 3.65. The van der Waals surface area contributed by atoms with Crippen LogP contribution in [0.2, 0.25) is 0 Å². The third-order valence-corrected chi connectivity index (χ3v) is 3.65. The van der Waals surface area contributed by atoms with Crippen LogP contribution in [0.1, 0.15) is 20.8 Å². The molecule has 4 nitrogen and oxygen atoms in total. The van der Waals surface area contributed by atoms with Crippen LogP contribution in [0.5, 0.6) is 5.75 Å². The molecular weight excluding hydrogens is 304 g/mol. The fraction of sp³-hybridized carbons (Fsp3) is 0.200. The number of esters is 1. The second-order valence-corrected chi connectivity index (χ2v) is 6.64. The molecule has 0 bridgehead atoms. The summed E-state index contributed by atoms with van der Waals surface area (Å²) in [6.07, 6.45) is 1.44. The van der Waals surface area contributed by atoms with E-state index in [9.17, 15) is 9.59 Å². The molecule has 24 heavy (non-hydrogen) atoms. The lowest BCUT2D eigenvalue weighted by Gasteiger charge is -2.16. The van der Waals surface area contributed by atoms with Gasteiger partial charge in [-0.05, 0) is 38.5 Å². The van der Waals surface area contributed by atoms with E-state index in [0.29, 0.717) is 22.3 Å². The Bertz CT molecular complexity index is 947. The highest BCUT2D eigenvalue weighted by Gasteiger charge is 2.24. The van der Waals surface area contributed by atoms with E-state index in [2.05, 4.69) is 0 Å². The Morgan fingerprint density at radius 2 is 1.75 bits per heavy atom. The summed E-state index contributed by atoms with van der Waals surface area (Å²) < 4.78 is 10.9. The van der Waals surface area contributed by atoms with Gasteiger partial charge in [0.05, 0.1) is 16.4 Å². The largest absolute Gasteiger partial charge is 0.463 e. The molecule has 1 heterocycles. The highest BCUT2D eigenvalue weighted by atomic mass is 16.5. The van der Waals surface area contributed by atoms with Crippen LogP contribution in [-0.4, -0.2) is 5.97 Å². The highest BCUT2D eigenvalue weighted by Crippen LogP contribution is 2.25. The molecule has 4 heteroatoms. The Morgan fingerprint density at radius 3 is 2.42 bits per heavy atom.